The van der Waals surface area contributed by atoms with E-state index >= 15 is 0 Å². The van der Waals surface area contributed by atoms with Gasteiger partial charge in [-0.25, -0.2) is 13.1 Å². The van der Waals surface area contributed by atoms with Gasteiger partial charge in [0.2, 0.25) is 10.0 Å². The van der Waals surface area contributed by atoms with Crippen molar-refractivity contribution in [2.45, 2.75) is 19.3 Å². The molecule has 0 aliphatic rings. The molecular formula is C8H18INO3S. The molecule has 0 aliphatic carbocycles. The maximum atomic E-state index is 11.3. The van der Waals surface area contributed by atoms with Crippen LogP contribution in [-0.4, -0.2) is 38.9 Å². The van der Waals surface area contributed by atoms with E-state index < -0.39 is 10.0 Å². The molecule has 86 valence electrons. The van der Waals surface area contributed by atoms with E-state index in [0.717, 1.165) is 17.3 Å². The number of rotatable bonds is 9. The van der Waals surface area contributed by atoms with Crippen LogP contribution in [0.2, 0.25) is 0 Å². The van der Waals surface area contributed by atoms with E-state index in [1.165, 1.54) is 0 Å². The summed E-state index contributed by atoms with van der Waals surface area (Å²) in [5, 5.41) is 0. The normalized spacial score (nSPS) is 11.9. The minimum atomic E-state index is -3.07. The average Bonchev–Trinajstić information content (AvgIpc) is 2.13. The Morgan fingerprint density at radius 1 is 1.29 bits per heavy atom. The summed E-state index contributed by atoms with van der Waals surface area (Å²) in [6.45, 7) is 1.05. The number of alkyl halides is 1. The number of nitrogens with one attached hydrogen (secondary N) is 1. The zero-order valence-electron chi connectivity index (χ0n) is 8.46. The SMILES string of the molecule is COCCCS(=O)(=O)NCCCCI. The van der Waals surface area contributed by atoms with Crippen molar-refractivity contribution in [3.05, 3.63) is 0 Å². The van der Waals surface area contributed by atoms with Crippen LogP contribution in [0.4, 0.5) is 0 Å². The molecule has 0 heterocycles. The fraction of sp³-hybridized carbons (Fsp3) is 1.00. The third-order valence-corrected chi connectivity index (χ3v) is 3.88. The Labute approximate surface area is 100.0 Å². The van der Waals surface area contributed by atoms with Crippen molar-refractivity contribution in [2.24, 2.45) is 0 Å². The number of methoxy groups -OCH3 is 1. The molecule has 0 rings (SSSR count). The molecule has 0 aliphatic heterocycles. The Bertz CT molecular complexity index is 219. The van der Waals surface area contributed by atoms with E-state index in [0.29, 0.717) is 19.6 Å². The van der Waals surface area contributed by atoms with Gasteiger partial charge in [0.1, 0.15) is 0 Å². The molecule has 0 unspecified atom stereocenters. The Morgan fingerprint density at radius 3 is 2.57 bits per heavy atom. The monoisotopic (exact) mass is 335 g/mol. The highest BCUT2D eigenvalue weighted by molar-refractivity contribution is 14.1. The van der Waals surface area contributed by atoms with Gasteiger partial charge in [-0.05, 0) is 23.7 Å². The van der Waals surface area contributed by atoms with Crippen molar-refractivity contribution in [3.8, 4) is 0 Å². The predicted molar refractivity (Wildman–Crippen MR) is 66.4 cm³/mol. The molecule has 0 aromatic heterocycles. The van der Waals surface area contributed by atoms with Crippen LogP contribution < -0.4 is 4.72 Å². The molecule has 0 atom stereocenters. The molecule has 0 spiro atoms. The van der Waals surface area contributed by atoms with Gasteiger partial charge in [-0.15, -0.1) is 0 Å². The number of hydrogen-bond acceptors (Lipinski definition) is 3. The third-order valence-electron chi connectivity index (χ3n) is 1.64. The number of unbranched alkanes of at least 4 members (excludes halogenated alkanes) is 1. The van der Waals surface area contributed by atoms with Crippen LogP contribution in [0.25, 0.3) is 0 Å². The molecule has 0 fully saturated rings. The van der Waals surface area contributed by atoms with Crippen LogP contribution in [0.5, 0.6) is 0 Å². The Morgan fingerprint density at radius 2 is 2.00 bits per heavy atom. The zero-order valence-corrected chi connectivity index (χ0v) is 11.4. The smallest absolute Gasteiger partial charge is 0.211 e. The van der Waals surface area contributed by atoms with Crippen molar-refractivity contribution >= 4 is 32.6 Å². The summed E-state index contributed by atoms with van der Waals surface area (Å²) in [7, 11) is -1.50. The van der Waals surface area contributed by atoms with E-state index in [-0.39, 0.29) is 5.75 Å². The van der Waals surface area contributed by atoms with Gasteiger partial charge in [0.15, 0.2) is 0 Å². The first-order valence-electron chi connectivity index (χ1n) is 4.64. The lowest BCUT2D eigenvalue weighted by molar-refractivity contribution is 0.199. The van der Waals surface area contributed by atoms with E-state index in [1.54, 1.807) is 7.11 Å². The minimum Gasteiger partial charge on any atom is -0.385 e. The lowest BCUT2D eigenvalue weighted by Crippen LogP contribution is -2.27. The quantitative estimate of drug-likeness (QED) is 0.391. The summed E-state index contributed by atoms with van der Waals surface area (Å²) in [5.41, 5.74) is 0. The summed E-state index contributed by atoms with van der Waals surface area (Å²) < 4.78 is 31.0. The predicted octanol–water partition coefficient (Wildman–Crippen LogP) is 1.16. The summed E-state index contributed by atoms with van der Waals surface area (Å²) in [6.07, 6.45) is 2.52. The summed E-state index contributed by atoms with van der Waals surface area (Å²) in [6, 6.07) is 0. The van der Waals surface area contributed by atoms with Gasteiger partial charge in [-0.1, -0.05) is 22.6 Å². The second-order valence-electron chi connectivity index (χ2n) is 2.96. The van der Waals surface area contributed by atoms with Gasteiger partial charge in [0, 0.05) is 20.3 Å². The molecule has 0 radical (unpaired) electrons. The highest BCUT2D eigenvalue weighted by Gasteiger charge is 2.07. The Balaban J connectivity index is 3.52. The van der Waals surface area contributed by atoms with E-state index in [2.05, 4.69) is 27.3 Å². The van der Waals surface area contributed by atoms with Crippen LogP contribution >= 0.6 is 22.6 Å². The average molecular weight is 335 g/mol. The van der Waals surface area contributed by atoms with Crippen molar-refractivity contribution in [1.29, 1.82) is 0 Å². The Hall–Kier alpha value is 0.600. The molecule has 1 N–H and O–H groups in total. The van der Waals surface area contributed by atoms with E-state index in [4.69, 9.17) is 4.74 Å². The molecule has 0 saturated heterocycles. The minimum absolute atomic E-state index is 0.158. The highest BCUT2D eigenvalue weighted by Crippen LogP contribution is 1.95. The van der Waals surface area contributed by atoms with Crippen LogP contribution in [0.1, 0.15) is 19.3 Å². The second-order valence-corrected chi connectivity index (χ2v) is 5.96. The summed E-state index contributed by atoms with van der Waals surface area (Å²) >= 11 is 2.28. The molecular weight excluding hydrogens is 317 g/mol. The standard InChI is InChI=1S/C8H18INO3S/c1-13-7-4-8-14(11,12)10-6-3-2-5-9/h10H,2-8H2,1H3. The number of sulfonamides is 1. The summed E-state index contributed by atoms with van der Waals surface area (Å²) in [5.74, 6) is 0.158. The van der Waals surface area contributed by atoms with Crippen molar-refractivity contribution in [2.75, 3.05) is 30.4 Å². The Kier molecular flexibility index (Phi) is 9.25. The first kappa shape index (κ1) is 14.6. The highest BCUT2D eigenvalue weighted by atomic mass is 127. The number of hydrogen-bond donors (Lipinski definition) is 1. The van der Waals surface area contributed by atoms with Gasteiger partial charge in [-0.2, -0.15) is 0 Å². The summed E-state index contributed by atoms with van der Waals surface area (Å²) in [4.78, 5) is 0. The number of ether oxygens (including phenoxy) is 1. The van der Waals surface area contributed by atoms with E-state index in [9.17, 15) is 8.42 Å². The largest absolute Gasteiger partial charge is 0.385 e. The van der Waals surface area contributed by atoms with Gasteiger partial charge < -0.3 is 4.74 Å². The molecule has 0 aromatic rings. The zero-order chi connectivity index (χ0) is 10.9. The van der Waals surface area contributed by atoms with Crippen LogP contribution in [0.15, 0.2) is 0 Å². The molecule has 14 heavy (non-hydrogen) atoms. The second kappa shape index (κ2) is 8.87. The van der Waals surface area contributed by atoms with Gasteiger partial charge >= 0.3 is 0 Å². The first-order chi connectivity index (χ1) is 6.62. The van der Waals surface area contributed by atoms with Crippen LogP contribution in [0.3, 0.4) is 0 Å². The lowest BCUT2D eigenvalue weighted by Gasteiger charge is -2.05. The van der Waals surface area contributed by atoms with E-state index in [1.807, 2.05) is 0 Å². The molecule has 0 aromatic carbocycles. The molecule has 0 amide bonds. The molecule has 6 heteroatoms. The molecule has 0 saturated carbocycles. The van der Waals surface area contributed by atoms with Crippen molar-refractivity contribution < 1.29 is 13.2 Å². The molecule has 0 bridgehead atoms. The van der Waals surface area contributed by atoms with Gasteiger partial charge in [0.05, 0.1) is 5.75 Å². The van der Waals surface area contributed by atoms with Crippen molar-refractivity contribution in [3.63, 3.8) is 0 Å². The van der Waals surface area contributed by atoms with Gasteiger partial charge in [0.25, 0.3) is 0 Å². The molecule has 4 nitrogen and oxygen atoms in total. The van der Waals surface area contributed by atoms with Crippen molar-refractivity contribution in [1.82, 2.24) is 4.72 Å². The van der Waals surface area contributed by atoms with Crippen LogP contribution in [-0.2, 0) is 14.8 Å². The topological polar surface area (TPSA) is 55.4 Å². The fourth-order valence-electron chi connectivity index (χ4n) is 0.913. The number of halogens is 1. The first-order valence-corrected chi connectivity index (χ1v) is 7.82. The lowest BCUT2D eigenvalue weighted by atomic mass is 10.3. The maximum Gasteiger partial charge on any atom is 0.211 e. The maximum absolute atomic E-state index is 11.3. The fourth-order valence-corrected chi connectivity index (χ4v) is 2.55. The van der Waals surface area contributed by atoms with Crippen LogP contribution in [0, 0.1) is 0 Å². The van der Waals surface area contributed by atoms with Gasteiger partial charge in [-0.3, -0.25) is 0 Å². The third kappa shape index (κ3) is 9.17.